The number of fused-ring (bicyclic) bond motifs is 1. The lowest BCUT2D eigenvalue weighted by molar-refractivity contribution is -0.144. The van der Waals surface area contributed by atoms with E-state index in [1.807, 2.05) is 24.3 Å². The first-order valence-electron chi connectivity index (χ1n) is 5.15. The van der Waals surface area contributed by atoms with Crippen LogP contribution in [0.1, 0.15) is 17.0 Å². The highest BCUT2D eigenvalue weighted by Gasteiger charge is 2.36. The van der Waals surface area contributed by atoms with E-state index >= 15 is 0 Å². The molecule has 0 aromatic heterocycles. The Balaban J connectivity index is 2.48. The van der Waals surface area contributed by atoms with Crippen molar-refractivity contribution in [2.24, 2.45) is 0 Å². The molecule has 1 unspecified atom stereocenters. The van der Waals surface area contributed by atoms with Gasteiger partial charge in [0, 0.05) is 0 Å². The molecule has 88 valence electrons. The van der Waals surface area contributed by atoms with Crippen molar-refractivity contribution in [2.45, 2.75) is 5.92 Å². The normalized spacial score (nSPS) is 17.1. The van der Waals surface area contributed by atoms with Crippen LogP contribution in [0, 0.1) is 0 Å². The Hall–Kier alpha value is -2.10. The van der Waals surface area contributed by atoms with Crippen LogP contribution in [0.2, 0.25) is 0 Å². The lowest BCUT2D eigenvalue weighted by Crippen LogP contribution is -2.19. The van der Waals surface area contributed by atoms with Crippen molar-refractivity contribution < 1.29 is 19.1 Å². The first kappa shape index (κ1) is 11.4. The molecule has 0 aliphatic heterocycles. The number of ether oxygens (including phenoxy) is 2. The summed E-state index contributed by atoms with van der Waals surface area (Å²) in [5, 5.41) is 0. The number of carbonyl (C=O) groups excluding carboxylic acids is 2. The van der Waals surface area contributed by atoms with Gasteiger partial charge in [0.05, 0.1) is 19.8 Å². The predicted molar refractivity (Wildman–Crippen MR) is 61.2 cm³/mol. The van der Waals surface area contributed by atoms with Crippen LogP contribution in [0.15, 0.2) is 29.8 Å². The first-order chi connectivity index (χ1) is 8.19. The smallest absolute Gasteiger partial charge is 0.334 e. The first-order valence-corrected chi connectivity index (χ1v) is 5.15. The Kier molecular flexibility index (Phi) is 2.95. The van der Waals surface area contributed by atoms with Gasteiger partial charge in [-0.2, -0.15) is 0 Å². The van der Waals surface area contributed by atoms with E-state index in [1.54, 1.807) is 6.08 Å². The topological polar surface area (TPSA) is 52.6 Å². The van der Waals surface area contributed by atoms with E-state index in [1.165, 1.54) is 14.2 Å². The van der Waals surface area contributed by atoms with Crippen LogP contribution in [-0.2, 0) is 19.1 Å². The highest BCUT2D eigenvalue weighted by Crippen LogP contribution is 2.37. The molecule has 0 N–H and O–H groups in total. The highest BCUT2D eigenvalue weighted by atomic mass is 16.5. The van der Waals surface area contributed by atoms with Crippen LogP contribution in [0.5, 0.6) is 0 Å². The van der Waals surface area contributed by atoms with Gasteiger partial charge in [0.25, 0.3) is 0 Å². The number of benzene rings is 1. The minimum atomic E-state index is -0.677. The third-order valence-corrected chi connectivity index (χ3v) is 2.79. The monoisotopic (exact) mass is 232 g/mol. The maximum absolute atomic E-state index is 11.7. The summed E-state index contributed by atoms with van der Waals surface area (Å²) in [4.78, 5) is 23.4. The maximum atomic E-state index is 11.7. The van der Waals surface area contributed by atoms with Gasteiger partial charge in [-0.25, -0.2) is 4.79 Å². The van der Waals surface area contributed by atoms with Gasteiger partial charge in [0.1, 0.15) is 5.92 Å². The maximum Gasteiger partial charge on any atom is 0.334 e. The molecule has 1 aromatic rings. The van der Waals surface area contributed by atoms with Gasteiger partial charge in [-0.05, 0) is 17.2 Å². The van der Waals surface area contributed by atoms with E-state index in [-0.39, 0.29) is 0 Å². The second kappa shape index (κ2) is 4.41. The van der Waals surface area contributed by atoms with Crippen molar-refractivity contribution >= 4 is 18.0 Å². The summed E-state index contributed by atoms with van der Waals surface area (Å²) in [6, 6.07) is 7.33. The average Bonchev–Trinajstić information content (AvgIpc) is 2.76. The SMILES string of the molecule is COC(=O)C1=Cc2ccccc2C1C(=O)OC. The molecule has 1 aromatic carbocycles. The van der Waals surface area contributed by atoms with Crippen LogP contribution in [0.3, 0.4) is 0 Å². The largest absolute Gasteiger partial charge is 0.468 e. The van der Waals surface area contributed by atoms with Gasteiger partial charge >= 0.3 is 11.9 Å². The third kappa shape index (κ3) is 1.82. The Labute approximate surface area is 98.8 Å². The second-order valence-electron chi connectivity index (χ2n) is 3.68. The van der Waals surface area contributed by atoms with E-state index in [4.69, 9.17) is 4.74 Å². The molecule has 17 heavy (non-hydrogen) atoms. The van der Waals surface area contributed by atoms with Crippen molar-refractivity contribution in [1.82, 2.24) is 0 Å². The number of methoxy groups -OCH3 is 2. The van der Waals surface area contributed by atoms with Crippen LogP contribution in [0.4, 0.5) is 0 Å². The van der Waals surface area contributed by atoms with Gasteiger partial charge in [-0.15, -0.1) is 0 Å². The average molecular weight is 232 g/mol. The summed E-state index contributed by atoms with van der Waals surface area (Å²) in [7, 11) is 2.60. The minimum Gasteiger partial charge on any atom is -0.468 e. The number of carbonyl (C=O) groups is 2. The van der Waals surface area contributed by atoms with E-state index in [0.717, 1.165) is 11.1 Å². The number of hydrogen-bond acceptors (Lipinski definition) is 4. The van der Waals surface area contributed by atoms with Crippen LogP contribution in [-0.4, -0.2) is 26.2 Å². The molecular formula is C13H12O4. The molecule has 0 heterocycles. The fraction of sp³-hybridized carbons (Fsp3) is 0.231. The Morgan fingerprint density at radius 1 is 1.12 bits per heavy atom. The van der Waals surface area contributed by atoms with Gasteiger partial charge in [-0.3, -0.25) is 4.79 Å². The molecule has 0 saturated carbocycles. The molecule has 2 rings (SSSR count). The molecule has 4 heteroatoms. The van der Waals surface area contributed by atoms with Gasteiger partial charge in [0.2, 0.25) is 0 Å². The van der Waals surface area contributed by atoms with Crippen LogP contribution >= 0.6 is 0 Å². The Morgan fingerprint density at radius 2 is 1.82 bits per heavy atom. The fourth-order valence-electron chi connectivity index (χ4n) is 1.99. The zero-order valence-electron chi connectivity index (χ0n) is 9.60. The van der Waals surface area contributed by atoms with Crippen molar-refractivity contribution in [3.05, 3.63) is 41.0 Å². The van der Waals surface area contributed by atoms with Gasteiger partial charge in [-0.1, -0.05) is 24.3 Å². The van der Waals surface area contributed by atoms with Crippen LogP contribution in [0.25, 0.3) is 6.08 Å². The lowest BCUT2D eigenvalue weighted by Gasteiger charge is -2.12. The predicted octanol–water partition coefficient (Wildman–Crippen LogP) is 1.51. The Bertz CT molecular complexity index is 502. The molecule has 0 spiro atoms. The summed E-state index contributed by atoms with van der Waals surface area (Å²) < 4.78 is 9.40. The third-order valence-electron chi connectivity index (χ3n) is 2.79. The van der Waals surface area contributed by atoms with Crippen molar-refractivity contribution in [2.75, 3.05) is 14.2 Å². The van der Waals surface area contributed by atoms with E-state index in [0.29, 0.717) is 5.57 Å². The number of hydrogen-bond donors (Lipinski definition) is 0. The molecule has 0 bridgehead atoms. The highest BCUT2D eigenvalue weighted by molar-refractivity contribution is 6.05. The van der Waals surface area contributed by atoms with Crippen molar-refractivity contribution in [3.63, 3.8) is 0 Å². The van der Waals surface area contributed by atoms with Crippen molar-refractivity contribution in [3.8, 4) is 0 Å². The molecule has 1 aliphatic carbocycles. The quantitative estimate of drug-likeness (QED) is 0.725. The fourth-order valence-corrected chi connectivity index (χ4v) is 1.99. The standard InChI is InChI=1S/C13H12O4/c1-16-12(14)10-7-8-5-3-4-6-9(8)11(10)13(15)17-2/h3-7,11H,1-2H3. The number of rotatable bonds is 2. The summed E-state index contributed by atoms with van der Waals surface area (Å²) >= 11 is 0. The molecule has 0 fully saturated rings. The molecular weight excluding hydrogens is 220 g/mol. The number of esters is 2. The zero-order valence-corrected chi connectivity index (χ0v) is 9.60. The summed E-state index contributed by atoms with van der Waals surface area (Å²) in [6.07, 6.45) is 1.67. The molecule has 0 radical (unpaired) electrons. The summed E-state index contributed by atoms with van der Waals surface area (Å²) in [5.74, 6) is -1.63. The second-order valence-corrected chi connectivity index (χ2v) is 3.68. The Morgan fingerprint density at radius 3 is 2.47 bits per heavy atom. The zero-order chi connectivity index (χ0) is 12.4. The van der Waals surface area contributed by atoms with E-state index < -0.39 is 17.9 Å². The van der Waals surface area contributed by atoms with Gasteiger partial charge < -0.3 is 9.47 Å². The molecule has 0 amide bonds. The van der Waals surface area contributed by atoms with Crippen LogP contribution < -0.4 is 0 Å². The van der Waals surface area contributed by atoms with Crippen molar-refractivity contribution in [1.29, 1.82) is 0 Å². The van der Waals surface area contributed by atoms with Gasteiger partial charge in [0.15, 0.2) is 0 Å². The molecule has 1 atom stereocenters. The summed E-state index contributed by atoms with van der Waals surface area (Å²) in [5.41, 5.74) is 1.95. The summed E-state index contributed by atoms with van der Waals surface area (Å²) in [6.45, 7) is 0. The molecule has 1 aliphatic rings. The molecule has 4 nitrogen and oxygen atoms in total. The lowest BCUT2D eigenvalue weighted by atomic mass is 9.96. The minimum absolute atomic E-state index is 0.320. The van der Waals surface area contributed by atoms with E-state index in [2.05, 4.69) is 4.74 Å². The molecule has 0 saturated heterocycles. The van der Waals surface area contributed by atoms with E-state index in [9.17, 15) is 9.59 Å².